The largest absolute Gasteiger partial charge is 0.439 e. The zero-order valence-electron chi connectivity index (χ0n) is 18.6. The third-order valence-corrected chi connectivity index (χ3v) is 7.55. The highest BCUT2D eigenvalue weighted by Crippen LogP contribution is 2.26. The van der Waals surface area contributed by atoms with E-state index in [0.717, 1.165) is 27.6 Å². The van der Waals surface area contributed by atoms with Crippen molar-refractivity contribution in [2.24, 2.45) is 0 Å². The quantitative estimate of drug-likeness (QED) is 0.380. The number of nitrogens with one attached hydrogen (secondary N) is 2. The fourth-order valence-corrected chi connectivity index (χ4v) is 5.44. The van der Waals surface area contributed by atoms with Gasteiger partial charge in [0.15, 0.2) is 5.82 Å². The van der Waals surface area contributed by atoms with Crippen molar-refractivity contribution in [1.29, 1.82) is 0 Å². The van der Waals surface area contributed by atoms with Gasteiger partial charge in [-0.1, -0.05) is 0 Å². The Morgan fingerprint density at radius 2 is 1.85 bits per heavy atom. The van der Waals surface area contributed by atoms with Gasteiger partial charge in [-0.15, -0.1) is 11.3 Å². The Hall–Kier alpha value is -3.77. The van der Waals surface area contributed by atoms with E-state index < -0.39 is 10.0 Å². The molecule has 1 aromatic carbocycles. The van der Waals surface area contributed by atoms with Gasteiger partial charge in [-0.05, 0) is 56.3 Å². The van der Waals surface area contributed by atoms with Crippen molar-refractivity contribution in [2.75, 3.05) is 4.72 Å². The minimum atomic E-state index is -3.76. The molecule has 34 heavy (non-hydrogen) atoms. The van der Waals surface area contributed by atoms with Gasteiger partial charge in [-0.25, -0.2) is 23.1 Å². The first kappa shape index (κ1) is 23.4. The number of carbonyl (C=O) groups excluding carboxylic acids is 1. The lowest BCUT2D eigenvalue weighted by atomic mass is 10.3. The molecular weight excluding hydrogens is 476 g/mol. The molecule has 0 saturated carbocycles. The molecule has 176 valence electrons. The second-order valence-corrected chi connectivity index (χ2v) is 10.5. The average molecular weight is 499 g/mol. The molecule has 4 rings (SSSR count). The predicted molar refractivity (Wildman–Crippen MR) is 128 cm³/mol. The third-order valence-electron chi connectivity index (χ3n) is 4.60. The molecule has 4 aromatic rings. The number of nitrogens with zero attached hydrogens (tertiary/aromatic N) is 4. The zero-order chi connectivity index (χ0) is 24.3. The van der Waals surface area contributed by atoms with Crippen LogP contribution in [0.5, 0.6) is 11.6 Å². The number of anilines is 1. The van der Waals surface area contributed by atoms with E-state index in [1.165, 1.54) is 19.3 Å². The number of ether oxygens (including phenoxy) is 1. The fourth-order valence-electron chi connectivity index (χ4n) is 3.09. The van der Waals surface area contributed by atoms with Gasteiger partial charge in [0.05, 0.1) is 12.2 Å². The van der Waals surface area contributed by atoms with Crippen LogP contribution in [0.1, 0.15) is 23.2 Å². The van der Waals surface area contributed by atoms with Crippen LogP contribution in [0.2, 0.25) is 0 Å². The number of sulfonamides is 1. The number of aromatic nitrogens is 4. The Morgan fingerprint density at radius 1 is 1.09 bits per heavy atom. The van der Waals surface area contributed by atoms with Gasteiger partial charge in [0.1, 0.15) is 16.3 Å². The molecule has 3 aromatic heterocycles. The number of aryl methyl sites for hydroxylation is 2. The molecular formula is C22H22N6O4S2. The highest BCUT2D eigenvalue weighted by Gasteiger charge is 2.17. The first-order valence-electron chi connectivity index (χ1n) is 10.2. The van der Waals surface area contributed by atoms with Gasteiger partial charge in [0.25, 0.3) is 10.0 Å². The number of carbonyl (C=O) groups is 1. The van der Waals surface area contributed by atoms with Gasteiger partial charge < -0.3 is 10.1 Å². The summed E-state index contributed by atoms with van der Waals surface area (Å²) in [5.41, 5.74) is 2.20. The van der Waals surface area contributed by atoms with Crippen molar-refractivity contribution < 1.29 is 17.9 Å². The fraction of sp³-hybridized carbons (Fsp3) is 0.182. The Labute approximate surface area is 200 Å². The Morgan fingerprint density at radius 3 is 2.53 bits per heavy atom. The molecule has 1 amide bonds. The van der Waals surface area contributed by atoms with E-state index in [-0.39, 0.29) is 16.7 Å². The summed E-state index contributed by atoms with van der Waals surface area (Å²) in [6.45, 7) is 5.53. The number of benzene rings is 1. The van der Waals surface area contributed by atoms with Gasteiger partial charge in [-0.2, -0.15) is 5.10 Å². The summed E-state index contributed by atoms with van der Waals surface area (Å²) >= 11 is 1.10. The van der Waals surface area contributed by atoms with Crippen LogP contribution in [0.15, 0.2) is 59.1 Å². The number of hydrogen-bond acceptors (Lipinski definition) is 8. The molecule has 0 spiro atoms. The van der Waals surface area contributed by atoms with Crippen molar-refractivity contribution in [3.63, 3.8) is 0 Å². The highest BCUT2D eigenvalue weighted by molar-refractivity contribution is 7.94. The first-order chi connectivity index (χ1) is 16.2. The standard InChI is InChI=1S/C22H22N6O4S2/c1-14-10-15(2)28(26-14)20-11-21(25-13-24-20)32-18-6-4-17(5-7-18)27-34(30,31)22-9-8-19(33-22)12-23-16(3)29/h4-11,13,27H,12H2,1-3H3,(H,23,29). The van der Waals surface area contributed by atoms with Crippen LogP contribution in [0.25, 0.3) is 5.82 Å². The summed E-state index contributed by atoms with van der Waals surface area (Å²) in [5, 5.41) is 7.05. The van der Waals surface area contributed by atoms with Crippen LogP contribution in [0, 0.1) is 13.8 Å². The third kappa shape index (κ3) is 5.58. The summed E-state index contributed by atoms with van der Waals surface area (Å²) in [6, 6.07) is 13.3. The topological polar surface area (TPSA) is 128 Å². The maximum absolute atomic E-state index is 12.7. The van der Waals surface area contributed by atoms with Crippen molar-refractivity contribution in [2.45, 2.75) is 31.5 Å². The summed E-state index contributed by atoms with van der Waals surface area (Å²) in [5.74, 6) is 1.21. The lowest BCUT2D eigenvalue weighted by molar-refractivity contribution is -0.119. The molecule has 0 fully saturated rings. The molecule has 0 aliphatic rings. The van der Waals surface area contributed by atoms with Crippen molar-refractivity contribution in [1.82, 2.24) is 25.1 Å². The van der Waals surface area contributed by atoms with Crippen LogP contribution < -0.4 is 14.8 Å². The van der Waals surface area contributed by atoms with Gasteiger partial charge >= 0.3 is 0 Å². The van der Waals surface area contributed by atoms with Crippen LogP contribution in [-0.4, -0.2) is 34.1 Å². The first-order valence-corrected chi connectivity index (χ1v) is 12.5. The normalized spacial score (nSPS) is 11.3. The zero-order valence-corrected chi connectivity index (χ0v) is 20.3. The van der Waals surface area contributed by atoms with E-state index in [1.54, 1.807) is 41.1 Å². The summed E-state index contributed by atoms with van der Waals surface area (Å²) in [7, 11) is -3.76. The molecule has 12 heteroatoms. The maximum atomic E-state index is 12.7. The van der Waals surface area contributed by atoms with Crippen LogP contribution in [0.3, 0.4) is 0 Å². The minimum absolute atomic E-state index is 0.158. The molecule has 0 bridgehead atoms. The molecule has 0 saturated heterocycles. The van der Waals surface area contributed by atoms with E-state index in [1.807, 2.05) is 19.9 Å². The lowest BCUT2D eigenvalue weighted by Crippen LogP contribution is -2.18. The highest BCUT2D eigenvalue weighted by atomic mass is 32.2. The summed E-state index contributed by atoms with van der Waals surface area (Å²) in [6.07, 6.45) is 1.39. The van der Waals surface area contributed by atoms with Gasteiger partial charge in [-0.3, -0.25) is 9.52 Å². The van der Waals surface area contributed by atoms with Crippen LogP contribution >= 0.6 is 11.3 Å². The molecule has 0 unspecified atom stereocenters. The van der Waals surface area contributed by atoms with Gasteiger partial charge in [0.2, 0.25) is 11.8 Å². The lowest BCUT2D eigenvalue weighted by Gasteiger charge is -2.09. The SMILES string of the molecule is CC(=O)NCc1ccc(S(=O)(=O)Nc2ccc(Oc3cc(-n4nc(C)cc4C)ncn3)cc2)s1. The molecule has 0 atom stereocenters. The second-order valence-electron chi connectivity index (χ2n) is 7.42. The van der Waals surface area contributed by atoms with Crippen molar-refractivity contribution in [3.05, 3.63) is 71.1 Å². The maximum Gasteiger partial charge on any atom is 0.271 e. The monoisotopic (exact) mass is 498 g/mol. The molecule has 3 heterocycles. The Kier molecular flexibility index (Phi) is 6.61. The Bertz CT molecular complexity index is 1430. The number of amides is 1. The average Bonchev–Trinajstić information content (AvgIpc) is 3.40. The predicted octanol–water partition coefficient (Wildman–Crippen LogP) is 3.57. The summed E-state index contributed by atoms with van der Waals surface area (Å²) < 4.78 is 35.6. The molecule has 10 nitrogen and oxygen atoms in total. The number of hydrogen-bond donors (Lipinski definition) is 2. The van der Waals surface area contributed by atoms with Crippen LogP contribution in [-0.2, 0) is 21.4 Å². The van der Waals surface area contributed by atoms with Crippen molar-refractivity contribution in [3.8, 4) is 17.4 Å². The van der Waals surface area contributed by atoms with E-state index in [0.29, 0.717) is 23.1 Å². The molecule has 0 aliphatic carbocycles. The minimum Gasteiger partial charge on any atom is -0.439 e. The summed E-state index contributed by atoms with van der Waals surface area (Å²) in [4.78, 5) is 20.2. The van der Waals surface area contributed by atoms with Gasteiger partial charge in [0, 0.05) is 29.2 Å². The van der Waals surface area contributed by atoms with E-state index >= 15 is 0 Å². The van der Waals surface area contributed by atoms with Crippen LogP contribution in [0.4, 0.5) is 5.69 Å². The molecule has 2 N–H and O–H groups in total. The molecule has 0 radical (unpaired) electrons. The van der Waals surface area contributed by atoms with E-state index in [9.17, 15) is 13.2 Å². The van der Waals surface area contributed by atoms with E-state index in [2.05, 4.69) is 25.1 Å². The number of rotatable bonds is 8. The smallest absolute Gasteiger partial charge is 0.271 e. The molecule has 0 aliphatic heterocycles. The Balaban J connectivity index is 1.43. The number of thiophene rings is 1. The second kappa shape index (κ2) is 9.61. The van der Waals surface area contributed by atoms with E-state index in [4.69, 9.17) is 4.74 Å². The van der Waals surface area contributed by atoms with Crippen molar-refractivity contribution >= 4 is 33.0 Å².